The van der Waals surface area contributed by atoms with Crippen LogP contribution in [-0.2, 0) is 9.59 Å². The number of nitrogens with one attached hydrogen (secondary N) is 1. The number of aliphatic carboxylic acids is 1. The molecule has 2 aromatic rings. The fourth-order valence-electron chi connectivity index (χ4n) is 3.21. The van der Waals surface area contributed by atoms with E-state index in [1.165, 1.54) is 11.3 Å². The molecule has 1 aliphatic heterocycles. The number of nitrogens with zero attached hydrogens (tertiary/aromatic N) is 2. The van der Waals surface area contributed by atoms with Gasteiger partial charge in [-0.2, -0.15) is 0 Å². The van der Waals surface area contributed by atoms with Crippen LogP contribution in [0.4, 0.5) is 17.1 Å². The Morgan fingerprint density at radius 1 is 0.926 bits per heavy atom. The minimum Gasteiger partial charge on any atom is -0.478 e. The van der Waals surface area contributed by atoms with Crippen molar-refractivity contribution in [1.29, 1.82) is 0 Å². The van der Waals surface area contributed by atoms with E-state index in [1.807, 2.05) is 24.3 Å². The van der Waals surface area contributed by atoms with Gasteiger partial charge in [-0.15, -0.1) is 0 Å². The fraction of sp³-hybridized carbons (Fsp3) is 0.238. The minimum atomic E-state index is -1.15. The summed E-state index contributed by atoms with van der Waals surface area (Å²) in [5.74, 6) is -1.61. The maximum absolute atomic E-state index is 11.6. The van der Waals surface area contributed by atoms with Crippen LogP contribution in [0.3, 0.4) is 0 Å². The van der Waals surface area contributed by atoms with Gasteiger partial charge in [0.05, 0.1) is 0 Å². The number of hydrogen-bond acceptors (Lipinski definition) is 4. The van der Waals surface area contributed by atoms with Crippen molar-refractivity contribution in [2.75, 3.05) is 41.3 Å². The number of amides is 1. The molecular weight excluding hydrogens is 342 g/mol. The Balaban J connectivity index is 1.56. The normalized spacial score (nSPS) is 14.4. The molecule has 1 aliphatic rings. The van der Waals surface area contributed by atoms with Crippen molar-refractivity contribution >= 4 is 28.9 Å². The number of aryl methyl sites for hydroxylation is 1. The molecule has 0 unspecified atom stereocenters. The molecule has 0 bridgehead atoms. The SMILES string of the molecule is Cc1ccccc1N1CCN(c2ccc(NC(=O)/C=C/C(=O)O)cc2)CC1. The Labute approximate surface area is 158 Å². The number of hydrogen-bond donors (Lipinski definition) is 2. The van der Waals surface area contributed by atoms with Gasteiger partial charge in [0.1, 0.15) is 0 Å². The highest BCUT2D eigenvalue weighted by Gasteiger charge is 2.18. The highest BCUT2D eigenvalue weighted by molar-refractivity contribution is 6.02. The number of para-hydroxylation sites is 1. The lowest BCUT2D eigenvalue weighted by Gasteiger charge is -2.38. The van der Waals surface area contributed by atoms with Crippen molar-refractivity contribution in [2.45, 2.75) is 6.92 Å². The number of carboxylic acid groups (broad SMARTS) is 1. The van der Waals surface area contributed by atoms with Crippen LogP contribution in [0.1, 0.15) is 5.56 Å². The first-order chi connectivity index (χ1) is 13.0. The maximum atomic E-state index is 11.6. The van der Waals surface area contributed by atoms with Crippen LogP contribution in [0.2, 0.25) is 0 Å². The van der Waals surface area contributed by atoms with Gasteiger partial charge >= 0.3 is 5.97 Å². The van der Waals surface area contributed by atoms with Gasteiger partial charge < -0.3 is 20.2 Å². The van der Waals surface area contributed by atoms with Gasteiger partial charge in [0.2, 0.25) is 5.91 Å². The average Bonchev–Trinajstić information content (AvgIpc) is 2.68. The second-order valence-corrected chi connectivity index (χ2v) is 6.47. The monoisotopic (exact) mass is 365 g/mol. The predicted molar refractivity (Wildman–Crippen MR) is 107 cm³/mol. The van der Waals surface area contributed by atoms with Crippen LogP contribution >= 0.6 is 0 Å². The van der Waals surface area contributed by atoms with Crippen LogP contribution in [0.25, 0.3) is 0 Å². The van der Waals surface area contributed by atoms with Crippen LogP contribution < -0.4 is 15.1 Å². The molecule has 1 amide bonds. The Morgan fingerprint density at radius 2 is 1.56 bits per heavy atom. The van der Waals surface area contributed by atoms with Crippen LogP contribution in [0, 0.1) is 6.92 Å². The largest absolute Gasteiger partial charge is 0.478 e. The molecule has 0 aromatic heterocycles. The first-order valence-corrected chi connectivity index (χ1v) is 8.90. The summed E-state index contributed by atoms with van der Waals surface area (Å²) < 4.78 is 0. The number of anilines is 3. The second-order valence-electron chi connectivity index (χ2n) is 6.47. The first kappa shape index (κ1) is 18.5. The average molecular weight is 365 g/mol. The van der Waals surface area contributed by atoms with Gasteiger partial charge in [0.15, 0.2) is 0 Å². The number of piperazine rings is 1. The van der Waals surface area contributed by atoms with Crippen LogP contribution in [0.15, 0.2) is 60.7 Å². The molecule has 2 aromatic carbocycles. The van der Waals surface area contributed by atoms with Crippen molar-refractivity contribution in [1.82, 2.24) is 0 Å². The molecule has 6 heteroatoms. The predicted octanol–water partition coefficient (Wildman–Crippen LogP) is 2.90. The Hall–Kier alpha value is -3.28. The zero-order valence-corrected chi connectivity index (χ0v) is 15.3. The third-order valence-corrected chi connectivity index (χ3v) is 4.61. The molecule has 140 valence electrons. The topological polar surface area (TPSA) is 72.9 Å². The smallest absolute Gasteiger partial charge is 0.328 e. The summed E-state index contributed by atoms with van der Waals surface area (Å²) in [5.41, 5.74) is 4.34. The molecule has 2 N–H and O–H groups in total. The van der Waals surface area contributed by atoms with E-state index >= 15 is 0 Å². The van der Waals surface area contributed by atoms with Crippen molar-refractivity contribution in [2.24, 2.45) is 0 Å². The van der Waals surface area contributed by atoms with E-state index in [0.717, 1.165) is 44.0 Å². The summed E-state index contributed by atoms with van der Waals surface area (Å²) in [6.45, 7) is 5.93. The third-order valence-electron chi connectivity index (χ3n) is 4.61. The van der Waals surface area contributed by atoms with E-state index in [9.17, 15) is 9.59 Å². The number of carbonyl (C=O) groups is 2. The van der Waals surface area contributed by atoms with E-state index in [-0.39, 0.29) is 0 Å². The van der Waals surface area contributed by atoms with Gasteiger partial charge in [-0.3, -0.25) is 4.79 Å². The highest BCUT2D eigenvalue weighted by Crippen LogP contribution is 2.24. The molecule has 0 spiro atoms. The van der Waals surface area contributed by atoms with Gasteiger partial charge in [-0.1, -0.05) is 18.2 Å². The molecule has 3 rings (SSSR count). The van der Waals surface area contributed by atoms with Crippen molar-refractivity contribution < 1.29 is 14.7 Å². The molecule has 0 radical (unpaired) electrons. The van der Waals surface area contributed by atoms with Gasteiger partial charge in [0, 0.05) is 55.4 Å². The summed E-state index contributed by atoms with van der Waals surface area (Å²) in [4.78, 5) is 26.8. The molecule has 1 heterocycles. The third kappa shape index (κ3) is 4.88. The quantitative estimate of drug-likeness (QED) is 0.797. The van der Waals surface area contributed by atoms with Crippen molar-refractivity contribution in [3.05, 3.63) is 66.2 Å². The van der Waals surface area contributed by atoms with E-state index in [0.29, 0.717) is 5.69 Å². The summed E-state index contributed by atoms with van der Waals surface area (Å²) in [6, 6.07) is 16.0. The van der Waals surface area contributed by atoms with Gasteiger partial charge in [-0.25, -0.2) is 4.79 Å². The molecule has 27 heavy (non-hydrogen) atoms. The van der Waals surface area contributed by atoms with E-state index in [4.69, 9.17) is 5.11 Å². The Morgan fingerprint density at radius 3 is 2.19 bits per heavy atom. The van der Waals surface area contributed by atoms with Gasteiger partial charge in [0.25, 0.3) is 0 Å². The van der Waals surface area contributed by atoms with E-state index in [2.05, 4.69) is 46.3 Å². The van der Waals surface area contributed by atoms with Crippen LogP contribution in [-0.4, -0.2) is 43.2 Å². The summed E-state index contributed by atoms with van der Waals surface area (Å²) in [5, 5.41) is 11.2. The molecule has 0 saturated carbocycles. The van der Waals surface area contributed by atoms with Crippen LogP contribution in [0.5, 0.6) is 0 Å². The molecule has 1 saturated heterocycles. The van der Waals surface area contributed by atoms with E-state index < -0.39 is 11.9 Å². The van der Waals surface area contributed by atoms with Crippen molar-refractivity contribution in [3.63, 3.8) is 0 Å². The minimum absolute atomic E-state index is 0.461. The summed E-state index contributed by atoms with van der Waals surface area (Å²) in [7, 11) is 0. The highest BCUT2D eigenvalue weighted by atomic mass is 16.4. The molecule has 1 fully saturated rings. The molecule has 0 aliphatic carbocycles. The lowest BCUT2D eigenvalue weighted by atomic mass is 10.1. The zero-order chi connectivity index (χ0) is 19.2. The number of carboxylic acids is 1. The summed E-state index contributed by atoms with van der Waals surface area (Å²) in [6.07, 6.45) is 1.82. The van der Waals surface area contributed by atoms with Crippen molar-refractivity contribution in [3.8, 4) is 0 Å². The second kappa shape index (κ2) is 8.40. The standard InChI is InChI=1S/C21H23N3O3/c1-16-4-2-3-5-19(16)24-14-12-23(13-15-24)18-8-6-17(7-9-18)22-20(25)10-11-21(26)27/h2-11H,12-15H2,1H3,(H,22,25)(H,26,27)/b11-10+. The Kier molecular flexibility index (Phi) is 5.76. The first-order valence-electron chi connectivity index (χ1n) is 8.90. The summed E-state index contributed by atoms with van der Waals surface area (Å²) >= 11 is 0. The maximum Gasteiger partial charge on any atom is 0.328 e. The Bertz CT molecular complexity index is 838. The molecular formula is C21H23N3O3. The lowest BCUT2D eigenvalue weighted by Crippen LogP contribution is -2.46. The zero-order valence-electron chi connectivity index (χ0n) is 15.3. The van der Waals surface area contributed by atoms with Gasteiger partial charge in [-0.05, 0) is 42.8 Å². The molecule has 0 atom stereocenters. The number of carbonyl (C=O) groups excluding carboxylic acids is 1. The van der Waals surface area contributed by atoms with E-state index in [1.54, 1.807) is 0 Å². The fourth-order valence-corrected chi connectivity index (χ4v) is 3.21. The molecule has 6 nitrogen and oxygen atoms in total. The number of benzene rings is 2. The lowest BCUT2D eigenvalue weighted by molar-refractivity contribution is -0.131. The number of rotatable bonds is 5.